The minimum Gasteiger partial charge on any atom is -0.348 e. The molecule has 3 N–H and O–H groups in total. The zero-order chi connectivity index (χ0) is 22.9. The molecule has 1 atom stereocenters. The maximum atomic E-state index is 12.6. The molecule has 0 fully saturated rings. The first-order valence-electron chi connectivity index (χ1n) is 10.5. The first-order chi connectivity index (χ1) is 15.5. The second-order valence-corrected chi connectivity index (χ2v) is 7.46. The van der Waals surface area contributed by atoms with Crippen LogP contribution < -0.4 is 16.0 Å². The molecule has 1 aromatic heterocycles. The number of aromatic nitrogens is 1. The summed E-state index contributed by atoms with van der Waals surface area (Å²) in [5, 5.41) is 8.53. The largest absolute Gasteiger partial charge is 0.348 e. The molecule has 32 heavy (non-hydrogen) atoms. The number of amides is 3. The summed E-state index contributed by atoms with van der Waals surface area (Å²) in [5.74, 6) is -0.661. The van der Waals surface area contributed by atoms with Gasteiger partial charge in [0.25, 0.3) is 11.8 Å². The van der Waals surface area contributed by atoms with Gasteiger partial charge in [0.15, 0.2) is 0 Å². The molecule has 1 heterocycles. The van der Waals surface area contributed by atoms with Crippen molar-refractivity contribution in [3.8, 4) is 0 Å². The molecule has 3 rings (SSSR count). The van der Waals surface area contributed by atoms with E-state index in [4.69, 9.17) is 0 Å². The fourth-order valence-electron chi connectivity index (χ4n) is 2.93. The summed E-state index contributed by atoms with van der Waals surface area (Å²) in [7, 11) is 0. The molecular formula is C25H26N4O3. The van der Waals surface area contributed by atoms with Crippen LogP contribution in [0.5, 0.6) is 0 Å². The van der Waals surface area contributed by atoms with Gasteiger partial charge in [-0.1, -0.05) is 32.0 Å². The van der Waals surface area contributed by atoms with Crippen molar-refractivity contribution in [3.05, 3.63) is 89.7 Å². The molecule has 164 valence electrons. The molecule has 0 bridgehead atoms. The van der Waals surface area contributed by atoms with E-state index in [1.54, 1.807) is 42.6 Å². The Morgan fingerprint density at radius 1 is 0.875 bits per heavy atom. The van der Waals surface area contributed by atoms with Crippen LogP contribution in [0.1, 0.15) is 46.5 Å². The molecule has 0 aliphatic rings. The lowest BCUT2D eigenvalue weighted by atomic mass is 10.1. The Balaban J connectivity index is 1.60. The molecule has 3 amide bonds. The first kappa shape index (κ1) is 22.7. The third-order valence-electron chi connectivity index (χ3n) is 5.01. The summed E-state index contributed by atoms with van der Waals surface area (Å²) in [4.78, 5) is 40.9. The van der Waals surface area contributed by atoms with Gasteiger partial charge in [-0.15, -0.1) is 0 Å². The molecule has 7 heteroatoms. The predicted molar refractivity (Wildman–Crippen MR) is 124 cm³/mol. The number of anilines is 2. The summed E-state index contributed by atoms with van der Waals surface area (Å²) in [5.41, 5.74) is 2.93. The zero-order valence-electron chi connectivity index (χ0n) is 18.1. The molecule has 2 aromatic carbocycles. The van der Waals surface area contributed by atoms with Crippen molar-refractivity contribution in [3.63, 3.8) is 0 Å². The molecule has 0 saturated carbocycles. The number of rotatable bonds is 8. The number of nitrogens with one attached hydrogen (secondary N) is 3. The fraction of sp³-hybridized carbons (Fsp3) is 0.200. The van der Waals surface area contributed by atoms with E-state index in [0.29, 0.717) is 29.0 Å². The Kier molecular flexibility index (Phi) is 7.70. The lowest BCUT2D eigenvalue weighted by Crippen LogP contribution is -2.23. The first-order valence-corrected chi connectivity index (χ1v) is 10.5. The van der Waals surface area contributed by atoms with Gasteiger partial charge in [0, 0.05) is 41.8 Å². The third-order valence-corrected chi connectivity index (χ3v) is 5.01. The van der Waals surface area contributed by atoms with E-state index in [-0.39, 0.29) is 23.6 Å². The number of nitrogens with zero attached hydrogens (tertiary/aromatic N) is 1. The molecule has 0 radical (unpaired) electrons. The van der Waals surface area contributed by atoms with Gasteiger partial charge in [-0.25, -0.2) is 0 Å². The lowest BCUT2D eigenvalue weighted by molar-refractivity contribution is -0.119. The topological polar surface area (TPSA) is 100 Å². The quantitative estimate of drug-likeness (QED) is 0.497. The number of carbonyl (C=O) groups excluding carboxylic acids is 3. The fourth-order valence-corrected chi connectivity index (χ4v) is 2.93. The molecule has 3 aromatic rings. The normalized spacial score (nSPS) is 11.3. The average molecular weight is 431 g/mol. The minimum absolute atomic E-state index is 0.0289. The molecule has 0 spiro atoms. The molecule has 7 nitrogen and oxygen atoms in total. The van der Waals surface area contributed by atoms with Crippen LogP contribution >= 0.6 is 0 Å². The van der Waals surface area contributed by atoms with Crippen LogP contribution in [-0.2, 0) is 11.3 Å². The summed E-state index contributed by atoms with van der Waals surface area (Å²) in [6.07, 6.45) is 3.84. The molecular weight excluding hydrogens is 404 g/mol. The standard InChI is InChI=1S/C25H26N4O3/c1-3-17(2)23(30)28-21-10-4-7-18(13-21)15-27-24(31)19-8-5-11-22(14-19)29-25(32)20-9-6-12-26-16-20/h4-14,16-17H,3,15H2,1-2H3,(H,27,31)(H,28,30)(H,29,32). The Bertz CT molecular complexity index is 1100. The van der Waals surface area contributed by atoms with Gasteiger partial charge in [-0.2, -0.15) is 0 Å². The number of hydrogen-bond donors (Lipinski definition) is 3. The Hall–Kier alpha value is -4.00. The predicted octanol–water partition coefficient (Wildman–Crippen LogP) is 4.25. The second kappa shape index (κ2) is 10.9. The van der Waals surface area contributed by atoms with Gasteiger partial charge in [0.1, 0.15) is 0 Å². The number of hydrogen-bond acceptors (Lipinski definition) is 4. The van der Waals surface area contributed by atoms with Crippen molar-refractivity contribution in [1.29, 1.82) is 0 Å². The summed E-state index contributed by atoms with van der Waals surface area (Å²) < 4.78 is 0. The summed E-state index contributed by atoms with van der Waals surface area (Å²) in [6.45, 7) is 4.15. The van der Waals surface area contributed by atoms with Crippen molar-refractivity contribution in [2.24, 2.45) is 5.92 Å². The lowest BCUT2D eigenvalue weighted by Gasteiger charge is -2.12. The summed E-state index contributed by atoms with van der Waals surface area (Å²) >= 11 is 0. The van der Waals surface area contributed by atoms with E-state index in [9.17, 15) is 14.4 Å². The van der Waals surface area contributed by atoms with Crippen molar-refractivity contribution in [2.45, 2.75) is 26.8 Å². The SMILES string of the molecule is CCC(C)C(=O)Nc1cccc(CNC(=O)c2cccc(NC(=O)c3cccnc3)c2)c1. The van der Waals surface area contributed by atoms with Gasteiger partial charge in [-0.05, 0) is 54.4 Å². The number of pyridine rings is 1. The molecule has 0 aliphatic carbocycles. The number of benzene rings is 2. The van der Waals surface area contributed by atoms with Crippen molar-refractivity contribution in [2.75, 3.05) is 10.6 Å². The van der Waals surface area contributed by atoms with Crippen molar-refractivity contribution in [1.82, 2.24) is 10.3 Å². The van der Waals surface area contributed by atoms with E-state index >= 15 is 0 Å². The highest BCUT2D eigenvalue weighted by Crippen LogP contribution is 2.15. The van der Waals surface area contributed by atoms with Gasteiger partial charge in [-0.3, -0.25) is 19.4 Å². The molecule has 0 aliphatic heterocycles. The van der Waals surface area contributed by atoms with Crippen molar-refractivity contribution < 1.29 is 14.4 Å². The Labute approximate surface area is 187 Å². The van der Waals surface area contributed by atoms with E-state index in [0.717, 1.165) is 12.0 Å². The van der Waals surface area contributed by atoms with E-state index in [1.165, 1.54) is 6.20 Å². The highest BCUT2D eigenvalue weighted by Gasteiger charge is 2.12. The maximum absolute atomic E-state index is 12.6. The highest BCUT2D eigenvalue weighted by atomic mass is 16.2. The van der Waals surface area contributed by atoms with E-state index < -0.39 is 0 Å². The van der Waals surface area contributed by atoms with Gasteiger partial charge in [0.2, 0.25) is 5.91 Å². The maximum Gasteiger partial charge on any atom is 0.257 e. The van der Waals surface area contributed by atoms with Gasteiger partial charge >= 0.3 is 0 Å². The van der Waals surface area contributed by atoms with Crippen LogP contribution in [0, 0.1) is 5.92 Å². The Morgan fingerprint density at radius 2 is 1.59 bits per heavy atom. The van der Waals surface area contributed by atoms with Crippen LogP contribution in [0.4, 0.5) is 11.4 Å². The van der Waals surface area contributed by atoms with Gasteiger partial charge < -0.3 is 16.0 Å². The Morgan fingerprint density at radius 3 is 2.31 bits per heavy atom. The smallest absolute Gasteiger partial charge is 0.257 e. The van der Waals surface area contributed by atoms with Crippen LogP contribution in [0.2, 0.25) is 0 Å². The van der Waals surface area contributed by atoms with Crippen LogP contribution in [0.25, 0.3) is 0 Å². The van der Waals surface area contributed by atoms with E-state index in [1.807, 2.05) is 38.1 Å². The minimum atomic E-state index is -0.299. The van der Waals surface area contributed by atoms with Crippen LogP contribution in [0.3, 0.4) is 0 Å². The second-order valence-electron chi connectivity index (χ2n) is 7.46. The molecule has 0 saturated heterocycles. The van der Waals surface area contributed by atoms with Gasteiger partial charge in [0.05, 0.1) is 5.56 Å². The third kappa shape index (κ3) is 6.25. The zero-order valence-corrected chi connectivity index (χ0v) is 18.1. The van der Waals surface area contributed by atoms with Crippen molar-refractivity contribution >= 4 is 29.1 Å². The monoisotopic (exact) mass is 430 g/mol. The number of carbonyl (C=O) groups is 3. The van der Waals surface area contributed by atoms with Crippen LogP contribution in [0.15, 0.2) is 73.1 Å². The summed E-state index contributed by atoms with van der Waals surface area (Å²) in [6, 6.07) is 17.4. The van der Waals surface area contributed by atoms with Crippen LogP contribution in [-0.4, -0.2) is 22.7 Å². The molecule has 1 unspecified atom stereocenters. The van der Waals surface area contributed by atoms with E-state index in [2.05, 4.69) is 20.9 Å². The highest BCUT2D eigenvalue weighted by molar-refractivity contribution is 6.05. The average Bonchev–Trinajstić information content (AvgIpc) is 2.83.